The highest BCUT2D eigenvalue weighted by atomic mass is 32.2. The second-order valence-electron chi connectivity index (χ2n) is 4.63. The quantitative estimate of drug-likeness (QED) is 0.471. The maximum Gasteiger partial charge on any atom is 0.269 e. The largest absolute Gasteiger partial charge is 0.272 e. The van der Waals surface area contributed by atoms with Gasteiger partial charge < -0.3 is 0 Å². The Morgan fingerprint density at radius 3 is 2.70 bits per heavy atom. The van der Waals surface area contributed by atoms with Crippen molar-refractivity contribution in [3.63, 3.8) is 0 Å². The number of rotatable bonds is 7. The van der Waals surface area contributed by atoms with E-state index in [4.69, 9.17) is 0 Å². The molecule has 0 aliphatic heterocycles. The number of hydrazone groups is 1. The Bertz CT molecular complexity index is 697. The van der Waals surface area contributed by atoms with Crippen molar-refractivity contribution in [2.24, 2.45) is 5.10 Å². The number of hydrogen-bond donors (Lipinski definition) is 1. The Hall–Kier alpha value is -2.19. The normalized spacial score (nSPS) is 11.3. The number of nitrogens with zero attached hydrogens (tertiary/aromatic N) is 2. The molecule has 0 saturated heterocycles. The monoisotopic (exact) mass is 349 g/mol. The van der Waals surface area contributed by atoms with Gasteiger partial charge in [-0.1, -0.05) is 18.2 Å². The number of nitrogens with one attached hydrogen (secondary N) is 1. The van der Waals surface area contributed by atoms with E-state index >= 15 is 0 Å². The van der Waals surface area contributed by atoms with Gasteiger partial charge in [0.2, 0.25) is 5.91 Å². The maximum absolute atomic E-state index is 11.7. The molecule has 2 aromatic rings. The molecule has 1 N–H and O–H groups in total. The van der Waals surface area contributed by atoms with Gasteiger partial charge in [0.05, 0.1) is 16.4 Å². The van der Waals surface area contributed by atoms with Crippen LogP contribution in [-0.2, 0) is 10.5 Å². The van der Waals surface area contributed by atoms with E-state index in [0.717, 1.165) is 16.2 Å². The fraction of sp³-hybridized carbons (Fsp3) is 0.200. The smallest absolute Gasteiger partial charge is 0.269 e. The highest BCUT2D eigenvalue weighted by molar-refractivity contribution is 7.99. The average molecular weight is 349 g/mol. The van der Waals surface area contributed by atoms with E-state index in [2.05, 4.69) is 10.5 Å². The SMILES string of the molecule is C/C(=N/NC(=O)CSCc1ccc([N+](=O)[O-])cc1)c1cccs1. The molecule has 1 aromatic carbocycles. The van der Waals surface area contributed by atoms with Gasteiger partial charge in [-0.25, -0.2) is 5.43 Å². The van der Waals surface area contributed by atoms with Gasteiger partial charge in [-0.3, -0.25) is 14.9 Å². The molecule has 0 aliphatic rings. The number of carbonyl (C=O) groups excluding carboxylic acids is 1. The second-order valence-corrected chi connectivity index (χ2v) is 6.56. The minimum absolute atomic E-state index is 0.0647. The van der Waals surface area contributed by atoms with Gasteiger partial charge in [-0.05, 0) is 23.9 Å². The molecular formula is C15H15N3O3S2. The summed E-state index contributed by atoms with van der Waals surface area (Å²) in [6.07, 6.45) is 0. The van der Waals surface area contributed by atoms with Crippen LogP contribution in [0.25, 0.3) is 0 Å². The first-order chi connectivity index (χ1) is 11.1. The number of non-ortho nitro benzene ring substituents is 1. The number of hydrogen-bond acceptors (Lipinski definition) is 6. The molecule has 120 valence electrons. The standard InChI is InChI=1S/C15H15N3O3S2/c1-11(14-3-2-8-23-14)16-17-15(19)10-22-9-12-4-6-13(7-5-12)18(20)21/h2-8H,9-10H2,1H3,(H,17,19)/b16-11-. The van der Waals surface area contributed by atoms with Crippen molar-refractivity contribution < 1.29 is 9.72 Å². The number of thiophene rings is 1. The van der Waals surface area contributed by atoms with Crippen molar-refractivity contribution in [1.29, 1.82) is 0 Å². The van der Waals surface area contributed by atoms with E-state index in [1.54, 1.807) is 23.5 Å². The average Bonchev–Trinajstić information content (AvgIpc) is 3.07. The topological polar surface area (TPSA) is 84.6 Å². The molecule has 0 bridgehead atoms. The number of carbonyl (C=O) groups is 1. The molecule has 0 aliphatic carbocycles. The van der Waals surface area contributed by atoms with Crippen LogP contribution in [0.15, 0.2) is 46.9 Å². The zero-order valence-corrected chi connectivity index (χ0v) is 14.0. The fourth-order valence-corrected chi connectivity index (χ4v) is 3.15. The Labute approximate surface area is 141 Å². The number of nitro groups is 1. The number of amides is 1. The van der Waals surface area contributed by atoms with Crippen molar-refractivity contribution in [3.8, 4) is 0 Å². The second kappa shape index (κ2) is 8.44. The molecular weight excluding hydrogens is 334 g/mol. The van der Waals surface area contributed by atoms with Crippen LogP contribution in [-0.4, -0.2) is 22.3 Å². The first-order valence-electron chi connectivity index (χ1n) is 6.74. The zero-order chi connectivity index (χ0) is 16.7. The predicted molar refractivity (Wildman–Crippen MR) is 93.9 cm³/mol. The summed E-state index contributed by atoms with van der Waals surface area (Å²) in [5, 5.41) is 16.6. The molecule has 6 nitrogen and oxygen atoms in total. The van der Waals surface area contributed by atoms with Crippen molar-refractivity contribution in [3.05, 3.63) is 62.3 Å². The van der Waals surface area contributed by atoms with Gasteiger partial charge in [-0.15, -0.1) is 23.1 Å². The summed E-state index contributed by atoms with van der Waals surface area (Å²) >= 11 is 3.00. The summed E-state index contributed by atoms with van der Waals surface area (Å²) < 4.78 is 0. The summed E-state index contributed by atoms with van der Waals surface area (Å²) in [5.74, 6) is 0.713. The molecule has 0 unspecified atom stereocenters. The van der Waals surface area contributed by atoms with Crippen LogP contribution in [0.2, 0.25) is 0 Å². The van der Waals surface area contributed by atoms with Crippen LogP contribution < -0.4 is 5.43 Å². The Kier molecular flexibility index (Phi) is 6.30. The first-order valence-corrected chi connectivity index (χ1v) is 8.78. The van der Waals surface area contributed by atoms with Gasteiger partial charge in [0.25, 0.3) is 5.69 Å². The van der Waals surface area contributed by atoms with Gasteiger partial charge >= 0.3 is 0 Å². The third-order valence-corrected chi connectivity index (χ3v) is 4.86. The van der Waals surface area contributed by atoms with E-state index in [1.165, 1.54) is 23.9 Å². The summed E-state index contributed by atoms with van der Waals surface area (Å²) in [6.45, 7) is 1.84. The van der Waals surface area contributed by atoms with Crippen LogP contribution in [0.3, 0.4) is 0 Å². The van der Waals surface area contributed by atoms with E-state index in [0.29, 0.717) is 5.75 Å². The molecule has 23 heavy (non-hydrogen) atoms. The van der Waals surface area contributed by atoms with E-state index in [1.807, 2.05) is 24.4 Å². The summed E-state index contributed by atoms with van der Waals surface area (Å²) in [5.41, 5.74) is 4.30. The number of nitro benzene ring substituents is 1. The van der Waals surface area contributed by atoms with Crippen molar-refractivity contribution >= 4 is 40.4 Å². The van der Waals surface area contributed by atoms with Crippen LogP contribution in [0.4, 0.5) is 5.69 Å². The minimum atomic E-state index is -0.432. The van der Waals surface area contributed by atoms with Crippen LogP contribution >= 0.6 is 23.1 Å². The predicted octanol–water partition coefficient (Wildman–Crippen LogP) is 3.43. The first kappa shape index (κ1) is 17.2. The molecule has 1 amide bonds. The molecule has 1 aromatic heterocycles. The van der Waals surface area contributed by atoms with Gasteiger partial charge in [0, 0.05) is 22.8 Å². The Balaban J connectivity index is 1.74. The maximum atomic E-state index is 11.7. The Morgan fingerprint density at radius 1 is 1.35 bits per heavy atom. The summed E-state index contributed by atoms with van der Waals surface area (Å²) in [6, 6.07) is 10.2. The number of thioether (sulfide) groups is 1. The van der Waals surface area contributed by atoms with Crippen molar-refractivity contribution in [2.75, 3.05) is 5.75 Å². The van der Waals surface area contributed by atoms with Gasteiger partial charge in [0.15, 0.2) is 0 Å². The Morgan fingerprint density at radius 2 is 2.09 bits per heavy atom. The van der Waals surface area contributed by atoms with Crippen LogP contribution in [0.5, 0.6) is 0 Å². The van der Waals surface area contributed by atoms with Crippen LogP contribution in [0, 0.1) is 10.1 Å². The molecule has 0 spiro atoms. The molecule has 2 rings (SSSR count). The minimum Gasteiger partial charge on any atom is -0.272 e. The highest BCUT2D eigenvalue weighted by Crippen LogP contribution is 2.16. The van der Waals surface area contributed by atoms with E-state index < -0.39 is 4.92 Å². The molecule has 0 atom stereocenters. The molecule has 1 heterocycles. The molecule has 0 radical (unpaired) electrons. The molecule has 0 saturated carbocycles. The lowest BCUT2D eigenvalue weighted by Crippen LogP contribution is -2.21. The van der Waals surface area contributed by atoms with Crippen LogP contribution in [0.1, 0.15) is 17.4 Å². The van der Waals surface area contributed by atoms with E-state index in [-0.39, 0.29) is 17.3 Å². The lowest BCUT2D eigenvalue weighted by Gasteiger charge is -2.02. The lowest BCUT2D eigenvalue weighted by atomic mass is 10.2. The lowest BCUT2D eigenvalue weighted by molar-refractivity contribution is -0.384. The van der Waals surface area contributed by atoms with Crippen molar-refractivity contribution in [2.45, 2.75) is 12.7 Å². The fourth-order valence-electron chi connectivity index (χ4n) is 1.69. The van der Waals surface area contributed by atoms with Crippen molar-refractivity contribution in [1.82, 2.24) is 5.43 Å². The third-order valence-electron chi connectivity index (χ3n) is 2.88. The third kappa shape index (κ3) is 5.50. The summed E-state index contributed by atoms with van der Waals surface area (Å²) in [7, 11) is 0. The molecule has 8 heteroatoms. The molecule has 0 fully saturated rings. The zero-order valence-electron chi connectivity index (χ0n) is 12.4. The summed E-state index contributed by atoms with van der Waals surface area (Å²) in [4.78, 5) is 22.9. The van der Waals surface area contributed by atoms with Gasteiger partial charge in [0.1, 0.15) is 0 Å². The highest BCUT2D eigenvalue weighted by Gasteiger charge is 2.05. The number of benzene rings is 1. The van der Waals surface area contributed by atoms with Gasteiger partial charge in [-0.2, -0.15) is 5.10 Å². The van der Waals surface area contributed by atoms with E-state index in [9.17, 15) is 14.9 Å².